The van der Waals surface area contributed by atoms with E-state index in [9.17, 15) is 0 Å². The summed E-state index contributed by atoms with van der Waals surface area (Å²) in [6.45, 7) is 14.9. The van der Waals surface area contributed by atoms with E-state index < -0.39 is 0 Å². The molecule has 0 amide bonds. The summed E-state index contributed by atoms with van der Waals surface area (Å²) in [4.78, 5) is 10.1. The Bertz CT molecular complexity index is 1490. The highest BCUT2D eigenvalue weighted by atomic mass is 15.1. The number of fused-ring (bicyclic) bond motifs is 4. The van der Waals surface area contributed by atoms with Gasteiger partial charge in [0.2, 0.25) is 0 Å². The lowest BCUT2D eigenvalue weighted by Gasteiger charge is -2.59. The number of benzene rings is 2. The minimum atomic E-state index is 0.0276. The fourth-order valence-electron chi connectivity index (χ4n) is 7.93. The molecule has 3 aliphatic carbocycles. The predicted molar refractivity (Wildman–Crippen MR) is 166 cm³/mol. The van der Waals surface area contributed by atoms with Crippen LogP contribution in [0.3, 0.4) is 0 Å². The predicted octanol–water partition coefficient (Wildman–Crippen LogP) is 6.88. The number of nitrogens with zero attached hydrogens (tertiary/aromatic N) is 2. The van der Waals surface area contributed by atoms with Crippen LogP contribution >= 0.6 is 0 Å². The van der Waals surface area contributed by atoms with E-state index in [0.29, 0.717) is 11.8 Å². The Morgan fingerprint density at radius 1 is 0.561 bits per heavy atom. The first-order valence-corrected chi connectivity index (χ1v) is 15.2. The van der Waals surface area contributed by atoms with Crippen LogP contribution in [0.1, 0.15) is 98.4 Å². The van der Waals surface area contributed by atoms with Gasteiger partial charge in [0.05, 0.1) is 11.4 Å². The van der Waals surface area contributed by atoms with Crippen molar-refractivity contribution < 1.29 is 0 Å². The lowest BCUT2D eigenvalue weighted by molar-refractivity contribution is 0.294. The second kappa shape index (κ2) is 9.34. The van der Waals surface area contributed by atoms with Gasteiger partial charge in [0.15, 0.2) is 0 Å². The summed E-state index contributed by atoms with van der Waals surface area (Å²) >= 11 is 0. The third-order valence-electron chi connectivity index (χ3n) is 9.76. The van der Waals surface area contributed by atoms with E-state index in [2.05, 4.69) is 137 Å². The van der Waals surface area contributed by atoms with Crippen LogP contribution in [0.25, 0.3) is 0 Å². The van der Waals surface area contributed by atoms with Gasteiger partial charge >= 0.3 is 0 Å². The molecule has 210 valence electrons. The quantitative estimate of drug-likeness (QED) is 0.279. The van der Waals surface area contributed by atoms with Crippen molar-refractivity contribution in [3.05, 3.63) is 130 Å². The minimum Gasteiger partial charge on any atom is -0.306 e. The maximum Gasteiger partial charge on any atom is 0.0545 e. The molecule has 2 aromatic carbocycles. The number of nitrogens with one attached hydrogen (secondary N) is 2. The molecule has 2 N–H and O–H groups in total. The minimum absolute atomic E-state index is 0.0276. The molecule has 2 heterocycles. The molecule has 2 unspecified atom stereocenters. The van der Waals surface area contributed by atoms with Gasteiger partial charge in [-0.15, -0.1) is 0 Å². The van der Waals surface area contributed by atoms with Gasteiger partial charge < -0.3 is 10.6 Å². The highest BCUT2D eigenvalue weighted by molar-refractivity contribution is 5.72. The number of pyridine rings is 2. The number of hydrogen-bond acceptors (Lipinski definition) is 4. The molecule has 2 aromatic heterocycles. The summed E-state index contributed by atoms with van der Waals surface area (Å²) in [6, 6.07) is 31.8. The molecule has 1 saturated carbocycles. The molecule has 0 bridgehead atoms. The van der Waals surface area contributed by atoms with Gasteiger partial charge in [-0.25, -0.2) is 0 Å². The van der Waals surface area contributed by atoms with Gasteiger partial charge in [0, 0.05) is 64.6 Å². The van der Waals surface area contributed by atoms with Crippen LogP contribution < -0.4 is 10.6 Å². The van der Waals surface area contributed by atoms with Crippen molar-refractivity contribution in [2.75, 3.05) is 0 Å². The molecule has 7 rings (SSSR count). The average Bonchev–Trinajstić information content (AvgIpc) is 3.14. The van der Waals surface area contributed by atoms with Crippen LogP contribution in [0.5, 0.6) is 0 Å². The zero-order valence-electron chi connectivity index (χ0n) is 25.2. The Morgan fingerprint density at radius 3 is 1.39 bits per heavy atom. The van der Waals surface area contributed by atoms with Crippen molar-refractivity contribution >= 4 is 0 Å². The maximum atomic E-state index is 5.06. The van der Waals surface area contributed by atoms with E-state index in [1.54, 1.807) is 0 Å². The van der Waals surface area contributed by atoms with Gasteiger partial charge in [0.25, 0.3) is 0 Å². The molecular weight excluding hydrogens is 500 g/mol. The highest BCUT2D eigenvalue weighted by Gasteiger charge is 2.73. The van der Waals surface area contributed by atoms with Crippen LogP contribution in [0.2, 0.25) is 0 Å². The van der Waals surface area contributed by atoms with E-state index in [4.69, 9.17) is 9.97 Å². The van der Waals surface area contributed by atoms with Crippen LogP contribution in [0, 0.1) is 0 Å². The molecule has 3 aliphatic rings. The molecule has 4 atom stereocenters. The number of hydrogen-bond donors (Lipinski definition) is 2. The second-order valence-corrected chi connectivity index (χ2v) is 14.3. The zero-order chi connectivity index (χ0) is 28.6. The topological polar surface area (TPSA) is 49.8 Å². The molecule has 4 heteroatoms. The normalized spacial score (nSPS) is 25.8. The fourth-order valence-corrected chi connectivity index (χ4v) is 7.93. The molecule has 4 nitrogen and oxygen atoms in total. The molecule has 0 aliphatic heterocycles. The smallest absolute Gasteiger partial charge is 0.0545 e. The van der Waals surface area contributed by atoms with Crippen molar-refractivity contribution in [2.45, 2.75) is 94.8 Å². The van der Waals surface area contributed by atoms with Gasteiger partial charge in [-0.05, 0) is 46.5 Å². The van der Waals surface area contributed by atoms with E-state index in [1.165, 1.54) is 22.3 Å². The average molecular weight is 543 g/mol. The molecule has 41 heavy (non-hydrogen) atoms. The third-order valence-corrected chi connectivity index (χ3v) is 9.76. The second-order valence-electron chi connectivity index (χ2n) is 14.3. The van der Waals surface area contributed by atoms with Gasteiger partial charge in [-0.3, -0.25) is 9.97 Å². The van der Waals surface area contributed by atoms with Crippen molar-refractivity contribution in [3.63, 3.8) is 0 Å². The number of rotatable bonds is 6. The highest BCUT2D eigenvalue weighted by Crippen LogP contribution is 2.75. The molecule has 0 radical (unpaired) electrons. The third kappa shape index (κ3) is 4.02. The van der Waals surface area contributed by atoms with E-state index in [-0.39, 0.29) is 28.3 Å². The molecule has 1 spiro atoms. The van der Waals surface area contributed by atoms with Crippen LogP contribution in [0.4, 0.5) is 0 Å². The zero-order valence-corrected chi connectivity index (χ0v) is 25.2. The Kier molecular flexibility index (Phi) is 6.05. The monoisotopic (exact) mass is 542 g/mol. The Balaban J connectivity index is 1.24. The molecule has 4 aromatic rings. The summed E-state index contributed by atoms with van der Waals surface area (Å²) in [6.07, 6.45) is 0. The Hall–Kier alpha value is -3.34. The molecular formula is C37H42N4. The molecule has 1 fully saturated rings. The van der Waals surface area contributed by atoms with Crippen molar-refractivity contribution in [1.29, 1.82) is 0 Å². The van der Waals surface area contributed by atoms with Crippen molar-refractivity contribution in [2.24, 2.45) is 0 Å². The van der Waals surface area contributed by atoms with Crippen molar-refractivity contribution in [3.8, 4) is 0 Å². The summed E-state index contributed by atoms with van der Waals surface area (Å²) < 4.78 is 0. The summed E-state index contributed by atoms with van der Waals surface area (Å²) in [5, 5.41) is 8.11. The standard InChI is InChI=1S/C37H42N4/c1-35(2,3)29-19-11-13-23(40-29)21-38-33-31-25-15-7-9-17-27(25)37(31)28-18-10-8-16-26(28)32(37)34(33)39-22-24-14-12-20-30(41-24)36(4,5)6/h7-20,31-34,38-39H,21-22H2,1-6H3/t31?,32?,33-,34-,37?/m1/s1. The van der Waals surface area contributed by atoms with E-state index in [0.717, 1.165) is 35.9 Å². The van der Waals surface area contributed by atoms with E-state index >= 15 is 0 Å². The fraction of sp³-hybridized carbons (Fsp3) is 0.405. The summed E-state index contributed by atoms with van der Waals surface area (Å²) in [7, 11) is 0. The van der Waals surface area contributed by atoms with Gasteiger partial charge in [0.1, 0.15) is 0 Å². The van der Waals surface area contributed by atoms with Crippen LogP contribution in [-0.2, 0) is 29.3 Å². The van der Waals surface area contributed by atoms with Crippen molar-refractivity contribution in [1.82, 2.24) is 20.6 Å². The summed E-state index contributed by atoms with van der Waals surface area (Å²) in [5.41, 5.74) is 10.7. The lowest BCUT2D eigenvalue weighted by Crippen LogP contribution is -2.54. The Morgan fingerprint density at radius 2 is 0.976 bits per heavy atom. The Labute approximate surface area is 245 Å². The van der Waals surface area contributed by atoms with Crippen LogP contribution in [0.15, 0.2) is 84.9 Å². The van der Waals surface area contributed by atoms with Gasteiger partial charge in [-0.1, -0.05) is 102 Å². The molecule has 0 saturated heterocycles. The maximum absolute atomic E-state index is 5.06. The largest absolute Gasteiger partial charge is 0.306 e. The SMILES string of the molecule is CC(C)(C)c1cccc(CN[C@@H]2C3c4ccccc4C34c3ccccc3C4[C@H]2NCc2cccc(C(C)(C)C)n2)n1. The first-order chi connectivity index (χ1) is 19.6. The first kappa shape index (κ1) is 26.6. The van der Waals surface area contributed by atoms with E-state index in [1.807, 2.05) is 0 Å². The van der Waals surface area contributed by atoms with Gasteiger partial charge in [-0.2, -0.15) is 0 Å². The lowest BCUT2D eigenvalue weighted by atomic mass is 9.43. The van der Waals surface area contributed by atoms with Crippen LogP contribution in [-0.4, -0.2) is 22.1 Å². The first-order valence-electron chi connectivity index (χ1n) is 15.2. The summed E-state index contributed by atoms with van der Waals surface area (Å²) in [5.74, 6) is 0.853. The number of aromatic nitrogens is 2.